The number of alkyl halides is 3. The minimum absolute atomic E-state index is 0.0188. The third-order valence-corrected chi connectivity index (χ3v) is 5.96. The number of hydrogen-bond donors (Lipinski definition) is 2. The summed E-state index contributed by atoms with van der Waals surface area (Å²) in [5, 5.41) is 10.6. The Morgan fingerprint density at radius 2 is 1.91 bits per heavy atom. The van der Waals surface area contributed by atoms with Gasteiger partial charge in [0.25, 0.3) is 5.91 Å². The number of carbonyl (C=O) groups excluding carboxylic acids is 1. The van der Waals surface area contributed by atoms with Crippen LogP contribution in [0.15, 0.2) is 48.7 Å². The molecule has 0 bridgehead atoms. The Morgan fingerprint density at radius 1 is 1.17 bits per heavy atom. The Morgan fingerprint density at radius 3 is 2.54 bits per heavy atom. The maximum atomic E-state index is 13.0. The molecule has 188 valence electrons. The number of rotatable bonds is 9. The molecule has 0 spiro atoms. The molecular weight excluding hydrogens is 481 g/mol. The van der Waals surface area contributed by atoms with Crippen molar-refractivity contribution in [1.82, 2.24) is 15.1 Å². The largest absolute Gasteiger partial charge is 0.492 e. The summed E-state index contributed by atoms with van der Waals surface area (Å²) in [4.78, 5) is 12.7. The molecule has 0 saturated carbocycles. The standard InChI is InChI=1S/C25H28ClF3N4O2/c1-5-24(2,3)30-11-12-35-21-10-9-18(14-19(21)22-20(26)15-31-33(22)4)32-23(34)16-7-6-8-17(13-16)25(27,28)29/h6-10,13-15,30H,5,11-12H2,1-4H3,(H,32,34). The molecule has 0 aliphatic carbocycles. The molecular formula is C25H28ClF3N4O2. The molecule has 1 aromatic heterocycles. The van der Waals surface area contributed by atoms with E-state index in [0.717, 1.165) is 18.6 Å². The molecule has 0 unspecified atom stereocenters. The van der Waals surface area contributed by atoms with E-state index in [2.05, 4.69) is 36.5 Å². The van der Waals surface area contributed by atoms with Crippen LogP contribution in [0.25, 0.3) is 11.3 Å². The van der Waals surface area contributed by atoms with Gasteiger partial charge in [-0.25, -0.2) is 0 Å². The van der Waals surface area contributed by atoms with Crippen molar-refractivity contribution in [1.29, 1.82) is 0 Å². The zero-order valence-corrected chi connectivity index (χ0v) is 20.7. The second kappa shape index (κ2) is 10.7. The van der Waals surface area contributed by atoms with E-state index < -0.39 is 17.6 Å². The lowest BCUT2D eigenvalue weighted by Crippen LogP contribution is -2.40. The van der Waals surface area contributed by atoms with Crippen molar-refractivity contribution in [2.45, 2.75) is 38.9 Å². The summed E-state index contributed by atoms with van der Waals surface area (Å²) in [6.07, 6.45) is -2.08. The van der Waals surface area contributed by atoms with Gasteiger partial charge >= 0.3 is 6.18 Å². The van der Waals surface area contributed by atoms with Gasteiger partial charge in [0.1, 0.15) is 12.4 Å². The smallest absolute Gasteiger partial charge is 0.416 e. The number of anilines is 1. The highest BCUT2D eigenvalue weighted by atomic mass is 35.5. The maximum absolute atomic E-state index is 13.0. The molecule has 2 N–H and O–H groups in total. The monoisotopic (exact) mass is 508 g/mol. The maximum Gasteiger partial charge on any atom is 0.416 e. The molecule has 0 aliphatic heterocycles. The van der Waals surface area contributed by atoms with Gasteiger partial charge in [0, 0.05) is 35.9 Å². The van der Waals surface area contributed by atoms with Gasteiger partial charge in [0.05, 0.1) is 22.5 Å². The minimum atomic E-state index is -4.54. The first-order valence-electron chi connectivity index (χ1n) is 11.1. The van der Waals surface area contributed by atoms with E-state index in [1.54, 1.807) is 29.9 Å². The topological polar surface area (TPSA) is 68.2 Å². The lowest BCUT2D eigenvalue weighted by molar-refractivity contribution is -0.137. The summed E-state index contributed by atoms with van der Waals surface area (Å²) < 4.78 is 46.7. The number of halogens is 4. The quantitative estimate of drug-likeness (QED) is 0.339. The van der Waals surface area contributed by atoms with Crippen LogP contribution in [0.1, 0.15) is 43.1 Å². The molecule has 0 aliphatic rings. The average Bonchev–Trinajstić information content (AvgIpc) is 3.14. The van der Waals surface area contributed by atoms with E-state index in [0.29, 0.717) is 40.9 Å². The number of benzene rings is 2. The Kier molecular flexibility index (Phi) is 8.12. The molecule has 10 heteroatoms. The molecule has 0 fully saturated rings. The van der Waals surface area contributed by atoms with Crippen molar-refractivity contribution < 1.29 is 22.7 Å². The lowest BCUT2D eigenvalue weighted by Gasteiger charge is -2.24. The van der Waals surface area contributed by atoms with Crippen LogP contribution < -0.4 is 15.4 Å². The number of ether oxygens (including phenoxy) is 1. The first-order chi connectivity index (χ1) is 16.4. The van der Waals surface area contributed by atoms with E-state index in [9.17, 15) is 18.0 Å². The van der Waals surface area contributed by atoms with Crippen molar-refractivity contribution in [3.63, 3.8) is 0 Å². The van der Waals surface area contributed by atoms with Gasteiger partial charge < -0.3 is 15.4 Å². The van der Waals surface area contributed by atoms with Crippen molar-refractivity contribution in [2.24, 2.45) is 7.05 Å². The number of nitrogens with one attached hydrogen (secondary N) is 2. The minimum Gasteiger partial charge on any atom is -0.492 e. The summed E-state index contributed by atoms with van der Waals surface area (Å²) in [5.41, 5.74) is 0.526. The second-order valence-corrected chi connectivity index (χ2v) is 9.13. The molecule has 3 rings (SSSR count). The van der Waals surface area contributed by atoms with E-state index in [-0.39, 0.29) is 11.1 Å². The zero-order valence-electron chi connectivity index (χ0n) is 20.0. The van der Waals surface area contributed by atoms with Crippen LogP contribution in [-0.4, -0.2) is 34.4 Å². The van der Waals surface area contributed by atoms with Gasteiger partial charge in [-0.3, -0.25) is 9.48 Å². The summed E-state index contributed by atoms with van der Waals surface area (Å²) >= 11 is 6.36. The second-order valence-electron chi connectivity index (χ2n) is 8.72. The number of nitrogens with zero attached hydrogens (tertiary/aromatic N) is 2. The van der Waals surface area contributed by atoms with Crippen molar-refractivity contribution in [2.75, 3.05) is 18.5 Å². The molecule has 3 aromatic rings. The molecule has 0 saturated heterocycles. The zero-order chi connectivity index (χ0) is 25.8. The Bertz CT molecular complexity index is 1170. The van der Waals surface area contributed by atoms with Crippen LogP contribution in [0.3, 0.4) is 0 Å². The Labute approximate surface area is 207 Å². The highest BCUT2D eigenvalue weighted by Gasteiger charge is 2.31. The average molecular weight is 509 g/mol. The van der Waals surface area contributed by atoms with Crippen LogP contribution in [0, 0.1) is 0 Å². The van der Waals surface area contributed by atoms with Gasteiger partial charge in [0.15, 0.2) is 0 Å². The van der Waals surface area contributed by atoms with Crippen LogP contribution in [0.2, 0.25) is 5.02 Å². The number of hydrogen-bond acceptors (Lipinski definition) is 4. The van der Waals surface area contributed by atoms with Crippen molar-refractivity contribution >= 4 is 23.2 Å². The molecule has 1 heterocycles. The highest BCUT2D eigenvalue weighted by Crippen LogP contribution is 2.37. The van der Waals surface area contributed by atoms with Crippen LogP contribution in [0.5, 0.6) is 5.75 Å². The molecule has 0 radical (unpaired) electrons. The van der Waals surface area contributed by atoms with Crippen LogP contribution >= 0.6 is 11.6 Å². The fourth-order valence-corrected chi connectivity index (χ4v) is 3.62. The third kappa shape index (κ3) is 6.76. The van der Waals surface area contributed by atoms with E-state index in [4.69, 9.17) is 16.3 Å². The first-order valence-corrected chi connectivity index (χ1v) is 11.5. The van der Waals surface area contributed by atoms with Gasteiger partial charge in [-0.1, -0.05) is 24.6 Å². The van der Waals surface area contributed by atoms with E-state index in [1.807, 2.05) is 0 Å². The molecule has 6 nitrogen and oxygen atoms in total. The van der Waals surface area contributed by atoms with Gasteiger partial charge in [0.2, 0.25) is 0 Å². The lowest BCUT2D eigenvalue weighted by atomic mass is 10.0. The number of aryl methyl sites for hydroxylation is 1. The van der Waals surface area contributed by atoms with Gasteiger partial charge in [-0.15, -0.1) is 0 Å². The Hall–Kier alpha value is -3.04. The molecule has 35 heavy (non-hydrogen) atoms. The molecule has 0 atom stereocenters. The summed E-state index contributed by atoms with van der Waals surface area (Å²) in [6.45, 7) is 7.32. The van der Waals surface area contributed by atoms with E-state index in [1.165, 1.54) is 18.3 Å². The predicted molar refractivity (Wildman–Crippen MR) is 131 cm³/mol. The summed E-state index contributed by atoms with van der Waals surface area (Å²) in [7, 11) is 1.73. The molecule has 1 amide bonds. The summed E-state index contributed by atoms with van der Waals surface area (Å²) in [5.74, 6) is -0.138. The number of aromatic nitrogens is 2. The fourth-order valence-electron chi connectivity index (χ4n) is 3.35. The predicted octanol–water partition coefficient (Wildman–Crippen LogP) is 6.17. The normalized spacial score (nSPS) is 12.0. The third-order valence-electron chi connectivity index (χ3n) is 5.69. The molecule has 2 aromatic carbocycles. The number of amides is 1. The SMILES string of the molecule is CCC(C)(C)NCCOc1ccc(NC(=O)c2cccc(C(F)(F)F)c2)cc1-c1c(Cl)cnn1C. The van der Waals surface area contributed by atoms with Crippen LogP contribution in [-0.2, 0) is 13.2 Å². The number of carbonyl (C=O) groups is 1. The summed E-state index contributed by atoms with van der Waals surface area (Å²) in [6, 6.07) is 9.23. The van der Waals surface area contributed by atoms with E-state index >= 15 is 0 Å². The highest BCUT2D eigenvalue weighted by molar-refractivity contribution is 6.33. The fraction of sp³-hybridized carbons (Fsp3) is 0.360. The van der Waals surface area contributed by atoms with Crippen LogP contribution in [0.4, 0.5) is 18.9 Å². The van der Waals surface area contributed by atoms with Gasteiger partial charge in [-0.2, -0.15) is 18.3 Å². The van der Waals surface area contributed by atoms with Crippen molar-refractivity contribution in [3.8, 4) is 17.0 Å². The Balaban J connectivity index is 1.85. The van der Waals surface area contributed by atoms with Crippen molar-refractivity contribution in [3.05, 3.63) is 64.8 Å². The van der Waals surface area contributed by atoms with Gasteiger partial charge in [-0.05, 0) is 56.7 Å². The first kappa shape index (κ1) is 26.6.